The fraction of sp³-hybridized carbons (Fsp3) is 0.385. The lowest BCUT2D eigenvalue weighted by atomic mass is 9.98. The number of rotatable bonds is 7. The van der Waals surface area contributed by atoms with Gasteiger partial charge in [-0.15, -0.1) is 0 Å². The summed E-state index contributed by atoms with van der Waals surface area (Å²) in [6, 6.07) is 20.1. The average molecular weight is 418 g/mol. The van der Waals surface area contributed by atoms with E-state index in [9.17, 15) is 9.90 Å². The van der Waals surface area contributed by atoms with Gasteiger partial charge in [0.15, 0.2) is 0 Å². The lowest BCUT2D eigenvalue weighted by Crippen LogP contribution is -2.41. The van der Waals surface area contributed by atoms with E-state index in [-0.39, 0.29) is 24.6 Å². The lowest BCUT2D eigenvalue weighted by molar-refractivity contribution is 0.0937. The van der Waals surface area contributed by atoms with Crippen LogP contribution in [-0.4, -0.2) is 35.2 Å². The number of nitrogens with one attached hydrogen (secondary N) is 1. The van der Waals surface area contributed by atoms with Gasteiger partial charge in [0.05, 0.1) is 17.1 Å². The van der Waals surface area contributed by atoms with E-state index in [2.05, 4.69) is 29.3 Å². The number of aliphatic hydroxyl groups is 1. The second kappa shape index (κ2) is 9.92. The zero-order valence-electron chi connectivity index (χ0n) is 18.1. The Balaban J connectivity index is 1.70. The minimum absolute atomic E-state index is 0.0406. The Morgan fingerprint density at radius 1 is 1.16 bits per heavy atom. The van der Waals surface area contributed by atoms with Gasteiger partial charge >= 0.3 is 0 Å². The van der Waals surface area contributed by atoms with Crippen LogP contribution in [0.4, 0.5) is 5.82 Å². The maximum Gasteiger partial charge on any atom is 0.252 e. The number of piperidine rings is 1. The summed E-state index contributed by atoms with van der Waals surface area (Å²) in [6.45, 7) is 3.15. The van der Waals surface area contributed by atoms with E-state index in [1.807, 2.05) is 48.5 Å². The maximum absolute atomic E-state index is 13.4. The number of hydrogen-bond acceptors (Lipinski definition) is 4. The monoisotopic (exact) mass is 417 g/mol. The van der Waals surface area contributed by atoms with Gasteiger partial charge in [-0.05, 0) is 49.8 Å². The van der Waals surface area contributed by atoms with Crippen molar-refractivity contribution in [2.24, 2.45) is 0 Å². The molecule has 5 nitrogen and oxygen atoms in total. The topological polar surface area (TPSA) is 65.5 Å². The summed E-state index contributed by atoms with van der Waals surface area (Å²) in [5.41, 5.74) is 2.59. The normalized spacial score (nSPS) is 17.5. The van der Waals surface area contributed by atoms with E-state index in [1.54, 1.807) is 0 Å². The van der Waals surface area contributed by atoms with Gasteiger partial charge in [0.2, 0.25) is 0 Å². The van der Waals surface area contributed by atoms with Crippen LogP contribution in [0.3, 0.4) is 0 Å². The van der Waals surface area contributed by atoms with Gasteiger partial charge in [0, 0.05) is 24.6 Å². The van der Waals surface area contributed by atoms with Crippen molar-refractivity contribution in [3.05, 3.63) is 71.8 Å². The molecule has 2 atom stereocenters. The van der Waals surface area contributed by atoms with E-state index < -0.39 is 0 Å². The zero-order valence-corrected chi connectivity index (χ0v) is 18.1. The first-order valence-corrected chi connectivity index (χ1v) is 11.3. The molecule has 0 saturated carbocycles. The SMILES string of the molecule is CCC(NC(=O)c1cc(N2CCCCC2CCO)nc2ccccc12)c1ccccc1. The van der Waals surface area contributed by atoms with E-state index in [0.29, 0.717) is 5.56 Å². The zero-order chi connectivity index (χ0) is 21.6. The molecule has 1 aliphatic heterocycles. The quantitative estimate of drug-likeness (QED) is 0.576. The third kappa shape index (κ3) is 4.72. The predicted octanol–water partition coefficient (Wildman–Crippen LogP) is 4.86. The van der Waals surface area contributed by atoms with Gasteiger partial charge in [-0.3, -0.25) is 4.79 Å². The van der Waals surface area contributed by atoms with Crippen molar-refractivity contribution >= 4 is 22.6 Å². The minimum atomic E-state index is -0.0775. The Bertz CT molecular complexity index is 1020. The van der Waals surface area contributed by atoms with Gasteiger partial charge in [0.25, 0.3) is 5.91 Å². The standard InChI is InChI=1S/C26H31N3O2/c1-2-23(19-10-4-3-5-11-19)28-26(31)22-18-25(27-24-14-7-6-13-21(22)24)29-16-9-8-12-20(29)15-17-30/h3-7,10-11,13-14,18,20,23,30H,2,8-9,12,15-17H2,1H3,(H,28,31). The van der Waals surface area contributed by atoms with Crippen LogP contribution in [0, 0.1) is 0 Å². The molecular weight excluding hydrogens is 386 g/mol. The third-order valence-electron chi connectivity index (χ3n) is 6.25. The molecule has 1 aliphatic rings. The number of amides is 1. The number of anilines is 1. The number of fused-ring (bicyclic) bond motifs is 1. The Labute approximate surface area is 184 Å². The molecule has 0 spiro atoms. The number of carbonyl (C=O) groups excluding carboxylic acids is 1. The molecule has 4 rings (SSSR count). The molecule has 0 bridgehead atoms. The minimum Gasteiger partial charge on any atom is -0.396 e. The first kappa shape index (κ1) is 21.3. The molecule has 1 fully saturated rings. The van der Waals surface area contributed by atoms with Crippen LogP contribution in [0.2, 0.25) is 0 Å². The van der Waals surface area contributed by atoms with Crippen molar-refractivity contribution in [3.63, 3.8) is 0 Å². The average Bonchev–Trinajstić information content (AvgIpc) is 2.83. The highest BCUT2D eigenvalue weighted by molar-refractivity contribution is 6.07. The summed E-state index contributed by atoms with van der Waals surface area (Å²) in [5.74, 6) is 0.751. The van der Waals surface area contributed by atoms with Crippen molar-refractivity contribution in [2.45, 2.75) is 51.1 Å². The predicted molar refractivity (Wildman–Crippen MR) is 125 cm³/mol. The summed E-state index contributed by atoms with van der Waals surface area (Å²) in [4.78, 5) is 20.6. The Morgan fingerprint density at radius 2 is 1.94 bits per heavy atom. The molecule has 31 heavy (non-hydrogen) atoms. The highest BCUT2D eigenvalue weighted by Crippen LogP contribution is 2.29. The number of para-hydroxylation sites is 1. The molecule has 2 heterocycles. The van der Waals surface area contributed by atoms with Gasteiger partial charge in [0.1, 0.15) is 5.82 Å². The molecule has 1 saturated heterocycles. The van der Waals surface area contributed by atoms with Crippen LogP contribution < -0.4 is 10.2 Å². The molecule has 0 radical (unpaired) electrons. The maximum atomic E-state index is 13.4. The molecule has 3 aromatic rings. The van der Waals surface area contributed by atoms with Crippen LogP contribution in [0.15, 0.2) is 60.7 Å². The van der Waals surface area contributed by atoms with Crippen molar-refractivity contribution < 1.29 is 9.90 Å². The number of benzene rings is 2. The van der Waals surface area contributed by atoms with E-state index in [0.717, 1.165) is 60.9 Å². The first-order chi connectivity index (χ1) is 15.2. The molecule has 162 valence electrons. The number of nitrogens with zero attached hydrogens (tertiary/aromatic N) is 2. The van der Waals surface area contributed by atoms with Crippen LogP contribution in [0.1, 0.15) is 61.0 Å². The van der Waals surface area contributed by atoms with E-state index in [1.165, 1.54) is 0 Å². The smallest absolute Gasteiger partial charge is 0.252 e. The Hall–Kier alpha value is -2.92. The summed E-state index contributed by atoms with van der Waals surface area (Å²) >= 11 is 0. The fourth-order valence-corrected chi connectivity index (χ4v) is 4.59. The molecule has 2 unspecified atom stereocenters. The number of hydrogen-bond donors (Lipinski definition) is 2. The third-order valence-corrected chi connectivity index (χ3v) is 6.25. The van der Waals surface area contributed by atoms with Crippen LogP contribution in [0.25, 0.3) is 10.9 Å². The van der Waals surface area contributed by atoms with E-state index in [4.69, 9.17) is 4.98 Å². The molecule has 2 N–H and O–H groups in total. The summed E-state index contributed by atoms with van der Waals surface area (Å²) in [5, 5.41) is 13.6. The van der Waals surface area contributed by atoms with Crippen molar-refractivity contribution in [1.82, 2.24) is 10.3 Å². The fourth-order valence-electron chi connectivity index (χ4n) is 4.59. The van der Waals surface area contributed by atoms with E-state index >= 15 is 0 Å². The molecular formula is C26H31N3O2. The van der Waals surface area contributed by atoms with Crippen LogP contribution in [0.5, 0.6) is 0 Å². The second-order valence-corrected chi connectivity index (χ2v) is 8.25. The van der Waals surface area contributed by atoms with Crippen molar-refractivity contribution in [3.8, 4) is 0 Å². The number of aliphatic hydroxyl groups excluding tert-OH is 1. The van der Waals surface area contributed by atoms with Gasteiger partial charge in [-0.1, -0.05) is 55.5 Å². The summed E-state index contributed by atoms with van der Waals surface area (Å²) in [6.07, 6.45) is 4.85. The molecule has 0 aliphatic carbocycles. The van der Waals surface area contributed by atoms with Crippen LogP contribution in [-0.2, 0) is 0 Å². The molecule has 5 heteroatoms. The van der Waals surface area contributed by atoms with Gasteiger partial charge < -0.3 is 15.3 Å². The molecule has 1 aromatic heterocycles. The molecule has 1 amide bonds. The number of pyridine rings is 1. The summed E-state index contributed by atoms with van der Waals surface area (Å²) in [7, 11) is 0. The number of aromatic nitrogens is 1. The summed E-state index contributed by atoms with van der Waals surface area (Å²) < 4.78 is 0. The van der Waals surface area contributed by atoms with Crippen molar-refractivity contribution in [1.29, 1.82) is 0 Å². The molecule has 2 aromatic carbocycles. The lowest BCUT2D eigenvalue weighted by Gasteiger charge is -2.37. The largest absolute Gasteiger partial charge is 0.396 e. The Kier molecular flexibility index (Phi) is 6.82. The Morgan fingerprint density at radius 3 is 2.71 bits per heavy atom. The van der Waals surface area contributed by atoms with Gasteiger partial charge in [-0.2, -0.15) is 0 Å². The highest BCUT2D eigenvalue weighted by Gasteiger charge is 2.25. The first-order valence-electron chi connectivity index (χ1n) is 11.3. The van der Waals surface area contributed by atoms with Crippen LogP contribution >= 0.6 is 0 Å². The second-order valence-electron chi connectivity index (χ2n) is 8.25. The number of carbonyl (C=O) groups is 1. The highest BCUT2D eigenvalue weighted by atomic mass is 16.3. The van der Waals surface area contributed by atoms with Crippen molar-refractivity contribution in [2.75, 3.05) is 18.1 Å². The van der Waals surface area contributed by atoms with Gasteiger partial charge in [-0.25, -0.2) is 4.98 Å².